The van der Waals surface area contributed by atoms with Crippen molar-refractivity contribution in [1.82, 2.24) is 15.3 Å². The number of fused-ring (bicyclic) bond motifs is 1. The maximum atomic E-state index is 4.85. The van der Waals surface area contributed by atoms with E-state index >= 15 is 0 Å². The molecule has 0 saturated heterocycles. The van der Waals surface area contributed by atoms with E-state index in [9.17, 15) is 0 Å². The molecule has 0 radical (unpaired) electrons. The van der Waals surface area contributed by atoms with E-state index in [1.807, 2.05) is 30.6 Å². The highest BCUT2D eigenvalue weighted by molar-refractivity contribution is 7.15. The number of nitrogens with one attached hydrogen (secondary N) is 1. The van der Waals surface area contributed by atoms with Gasteiger partial charge in [-0.3, -0.25) is 4.98 Å². The lowest BCUT2D eigenvalue weighted by Gasteiger charge is -2.34. The molecule has 3 nitrogen and oxygen atoms in total. The highest BCUT2D eigenvalue weighted by Crippen LogP contribution is 2.44. The van der Waals surface area contributed by atoms with E-state index in [4.69, 9.17) is 4.98 Å². The van der Waals surface area contributed by atoms with Gasteiger partial charge in [0.25, 0.3) is 0 Å². The van der Waals surface area contributed by atoms with Crippen LogP contribution in [-0.2, 0) is 6.42 Å². The highest BCUT2D eigenvalue weighted by atomic mass is 32.1. The molecule has 4 heteroatoms. The van der Waals surface area contributed by atoms with Crippen LogP contribution in [0.3, 0.4) is 0 Å². The van der Waals surface area contributed by atoms with Gasteiger partial charge in [-0.2, -0.15) is 0 Å². The second-order valence-corrected chi connectivity index (χ2v) is 6.99. The van der Waals surface area contributed by atoms with Gasteiger partial charge in [0.15, 0.2) is 0 Å². The average Bonchev–Trinajstić information content (AvgIpc) is 2.81. The Kier molecular flexibility index (Phi) is 3.15. The molecule has 0 fully saturated rings. The van der Waals surface area contributed by atoms with Gasteiger partial charge in [0.05, 0.1) is 5.69 Å². The minimum atomic E-state index is 0.320. The van der Waals surface area contributed by atoms with Crippen molar-refractivity contribution in [3.63, 3.8) is 0 Å². The van der Waals surface area contributed by atoms with Crippen LogP contribution in [0.15, 0.2) is 24.5 Å². The van der Waals surface area contributed by atoms with Gasteiger partial charge in [-0.1, -0.05) is 13.8 Å². The van der Waals surface area contributed by atoms with Crippen molar-refractivity contribution in [2.24, 2.45) is 5.41 Å². The largest absolute Gasteiger partial charge is 0.312 e. The lowest BCUT2D eigenvalue weighted by molar-refractivity contribution is 0.265. The van der Waals surface area contributed by atoms with Crippen LogP contribution in [-0.4, -0.2) is 17.0 Å². The van der Waals surface area contributed by atoms with Crippen molar-refractivity contribution in [2.75, 3.05) is 7.05 Å². The molecule has 1 unspecified atom stereocenters. The molecule has 1 atom stereocenters. The van der Waals surface area contributed by atoms with Crippen LogP contribution in [0.5, 0.6) is 0 Å². The fourth-order valence-corrected chi connectivity index (χ4v) is 3.96. The minimum Gasteiger partial charge on any atom is -0.312 e. The molecule has 2 aromatic rings. The van der Waals surface area contributed by atoms with E-state index < -0.39 is 0 Å². The van der Waals surface area contributed by atoms with Gasteiger partial charge in [-0.05, 0) is 37.4 Å². The first-order valence-electron chi connectivity index (χ1n) is 6.66. The minimum absolute atomic E-state index is 0.320. The summed E-state index contributed by atoms with van der Waals surface area (Å²) in [6.45, 7) is 4.65. The van der Waals surface area contributed by atoms with Crippen molar-refractivity contribution in [2.45, 2.75) is 32.7 Å². The molecule has 0 aliphatic heterocycles. The third kappa shape index (κ3) is 2.42. The number of hydrogen-bond donors (Lipinski definition) is 1. The number of thiazole rings is 1. The van der Waals surface area contributed by atoms with Crippen LogP contribution < -0.4 is 5.32 Å². The van der Waals surface area contributed by atoms with E-state index in [-0.39, 0.29) is 0 Å². The summed E-state index contributed by atoms with van der Waals surface area (Å²) in [4.78, 5) is 10.4. The van der Waals surface area contributed by atoms with Gasteiger partial charge in [-0.15, -0.1) is 11.3 Å². The Balaban J connectivity index is 2.03. The molecule has 19 heavy (non-hydrogen) atoms. The zero-order valence-electron chi connectivity index (χ0n) is 11.6. The zero-order chi connectivity index (χ0) is 13.5. The number of aromatic nitrogens is 2. The Labute approximate surface area is 118 Å². The Bertz CT molecular complexity index is 574. The quantitative estimate of drug-likeness (QED) is 0.911. The summed E-state index contributed by atoms with van der Waals surface area (Å²) < 4.78 is 0. The summed E-state index contributed by atoms with van der Waals surface area (Å²) in [5.74, 6) is 0. The fraction of sp³-hybridized carbons (Fsp3) is 0.467. The predicted octanol–water partition coefficient (Wildman–Crippen LogP) is 3.44. The SMILES string of the molecule is CNC1CC(C)(C)Cc2nc(-c3cccnc3)sc21. The molecule has 1 N–H and O–H groups in total. The second kappa shape index (κ2) is 4.69. The first-order valence-corrected chi connectivity index (χ1v) is 7.48. The van der Waals surface area contributed by atoms with Crippen molar-refractivity contribution >= 4 is 11.3 Å². The van der Waals surface area contributed by atoms with Gasteiger partial charge < -0.3 is 5.32 Å². The summed E-state index contributed by atoms with van der Waals surface area (Å²) >= 11 is 1.81. The van der Waals surface area contributed by atoms with Gasteiger partial charge in [0, 0.05) is 28.9 Å². The Morgan fingerprint density at radius 2 is 2.26 bits per heavy atom. The van der Waals surface area contributed by atoms with Crippen molar-refractivity contribution in [1.29, 1.82) is 0 Å². The summed E-state index contributed by atoms with van der Waals surface area (Å²) in [6.07, 6.45) is 5.93. The third-order valence-corrected chi connectivity index (χ3v) is 4.96. The van der Waals surface area contributed by atoms with Crippen molar-refractivity contribution < 1.29 is 0 Å². The molecule has 2 heterocycles. The lowest BCUT2D eigenvalue weighted by Crippen LogP contribution is -2.30. The Morgan fingerprint density at radius 1 is 1.42 bits per heavy atom. The van der Waals surface area contributed by atoms with E-state index in [1.165, 1.54) is 17.0 Å². The summed E-state index contributed by atoms with van der Waals surface area (Å²) in [6, 6.07) is 4.48. The van der Waals surface area contributed by atoms with Gasteiger partial charge in [0.2, 0.25) is 0 Å². The molecule has 0 saturated carbocycles. The van der Waals surface area contributed by atoms with Gasteiger partial charge in [0.1, 0.15) is 5.01 Å². The van der Waals surface area contributed by atoms with E-state index in [0.717, 1.165) is 17.0 Å². The molecule has 3 rings (SSSR count). The summed E-state index contributed by atoms with van der Waals surface area (Å²) in [5.41, 5.74) is 2.70. The Hall–Kier alpha value is -1.26. The van der Waals surface area contributed by atoms with Crippen LogP contribution in [0.1, 0.15) is 36.9 Å². The number of pyridine rings is 1. The molecule has 100 valence electrons. The third-order valence-electron chi connectivity index (χ3n) is 3.70. The molecule has 2 aromatic heterocycles. The maximum Gasteiger partial charge on any atom is 0.125 e. The van der Waals surface area contributed by atoms with Crippen LogP contribution in [0.25, 0.3) is 10.6 Å². The van der Waals surface area contributed by atoms with E-state index in [0.29, 0.717) is 11.5 Å². The Morgan fingerprint density at radius 3 is 2.95 bits per heavy atom. The molecule has 0 bridgehead atoms. The van der Waals surface area contributed by atoms with Crippen LogP contribution >= 0.6 is 11.3 Å². The van der Waals surface area contributed by atoms with Gasteiger partial charge >= 0.3 is 0 Å². The summed E-state index contributed by atoms with van der Waals surface area (Å²) in [7, 11) is 2.04. The zero-order valence-corrected chi connectivity index (χ0v) is 12.4. The molecule has 0 spiro atoms. The summed E-state index contributed by atoms with van der Waals surface area (Å²) in [5, 5.41) is 4.53. The molecular formula is C15H19N3S. The molecule has 1 aliphatic rings. The molecular weight excluding hydrogens is 254 g/mol. The highest BCUT2D eigenvalue weighted by Gasteiger charge is 2.34. The second-order valence-electron chi connectivity index (χ2n) is 5.96. The van der Waals surface area contributed by atoms with Crippen molar-refractivity contribution in [3.8, 4) is 10.6 Å². The standard InChI is InChI=1S/C15H19N3S/c1-15(2)7-11(16-3)13-12(8-15)18-14(19-13)10-5-4-6-17-9-10/h4-6,9,11,16H,7-8H2,1-3H3. The normalized spacial score (nSPS) is 21.1. The van der Waals surface area contributed by atoms with Crippen molar-refractivity contribution in [3.05, 3.63) is 35.1 Å². The molecule has 0 aromatic carbocycles. The molecule has 1 aliphatic carbocycles. The average molecular weight is 273 g/mol. The smallest absolute Gasteiger partial charge is 0.125 e. The number of rotatable bonds is 2. The first-order chi connectivity index (χ1) is 9.09. The van der Waals surface area contributed by atoms with Crippen LogP contribution in [0, 0.1) is 5.41 Å². The maximum absolute atomic E-state index is 4.85. The monoisotopic (exact) mass is 273 g/mol. The van der Waals surface area contributed by atoms with E-state index in [2.05, 4.69) is 30.2 Å². The van der Waals surface area contributed by atoms with Crippen LogP contribution in [0.2, 0.25) is 0 Å². The van der Waals surface area contributed by atoms with E-state index in [1.54, 1.807) is 6.20 Å². The number of nitrogens with zero attached hydrogens (tertiary/aromatic N) is 2. The van der Waals surface area contributed by atoms with Gasteiger partial charge in [-0.25, -0.2) is 4.98 Å². The predicted molar refractivity (Wildman–Crippen MR) is 79.2 cm³/mol. The molecule has 0 amide bonds. The van der Waals surface area contributed by atoms with Crippen LogP contribution in [0.4, 0.5) is 0 Å². The lowest BCUT2D eigenvalue weighted by atomic mass is 9.76. The topological polar surface area (TPSA) is 37.8 Å². The fourth-order valence-electron chi connectivity index (χ4n) is 2.78. The first kappa shape index (κ1) is 12.8. The number of hydrogen-bond acceptors (Lipinski definition) is 4.